The maximum atomic E-state index is 3.81. The minimum absolute atomic E-state index is 0.338. The van der Waals surface area contributed by atoms with Gasteiger partial charge >= 0.3 is 0 Å². The van der Waals surface area contributed by atoms with Crippen LogP contribution in [-0.4, -0.2) is 21.5 Å². The van der Waals surface area contributed by atoms with Gasteiger partial charge < -0.3 is 0 Å². The van der Waals surface area contributed by atoms with Gasteiger partial charge in [-0.15, -0.1) is 0 Å². The molecule has 0 aromatic heterocycles. The van der Waals surface area contributed by atoms with Crippen LogP contribution in [0.1, 0.15) is 27.2 Å². The lowest BCUT2D eigenvalue weighted by Gasteiger charge is -2.28. The molecule has 0 radical (unpaired) electrons. The lowest BCUT2D eigenvalue weighted by molar-refractivity contribution is 0.529. The van der Waals surface area contributed by atoms with E-state index in [1.54, 1.807) is 0 Å². The molecule has 106 valence electrons. The molecule has 0 spiro atoms. The minimum Gasteiger partial charge on any atom is -0.156 e. The van der Waals surface area contributed by atoms with Gasteiger partial charge in [0, 0.05) is 21.5 Å². The second-order valence-electron chi connectivity index (χ2n) is 5.63. The van der Waals surface area contributed by atoms with Crippen LogP contribution in [-0.2, 0) is 0 Å². The summed E-state index contributed by atoms with van der Waals surface area (Å²) in [4.78, 5) is 0. The average molecular weight is 295 g/mol. The zero-order chi connectivity index (χ0) is 14.3. The van der Waals surface area contributed by atoms with Crippen LogP contribution in [0, 0.1) is 5.92 Å². The van der Waals surface area contributed by atoms with Gasteiger partial charge in [-0.1, -0.05) is 64.3 Å². The number of allylic oxidation sites excluding steroid dienone is 6. The van der Waals surface area contributed by atoms with Gasteiger partial charge in [-0.2, -0.15) is 23.5 Å². The summed E-state index contributed by atoms with van der Waals surface area (Å²) in [5, 5.41) is 0.920. The van der Waals surface area contributed by atoms with Crippen LogP contribution in [0.5, 0.6) is 0 Å². The zero-order valence-electron chi connectivity index (χ0n) is 12.4. The van der Waals surface area contributed by atoms with Crippen LogP contribution in [0.25, 0.3) is 0 Å². The quantitative estimate of drug-likeness (QED) is 0.407. The Morgan fingerprint density at radius 3 is 2.63 bits per heavy atom. The van der Waals surface area contributed by atoms with Crippen LogP contribution >= 0.6 is 23.5 Å². The molecule has 1 rings (SSSR count). The highest BCUT2D eigenvalue weighted by atomic mass is 32.2. The fraction of sp³-hybridized carbons (Fsp3) is 0.529. The zero-order valence-corrected chi connectivity index (χ0v) is 14.0. The van der Waals surface area contributed by atoms with E-state index in [9.17, 15) is 0 Å². The summed E-state index contributed by atoms with van der Waals surface area (Å²) in [5.74, 6) is 3.21. The Labute approximate surface area is 127 Å². The van der Waals surface area contributed by atoms with Crippen molar-refractivity contribution in [1.29, 1.82) is 0 Å². The van der Waals surface area contributed by atoms with Crippen LogP contribution in [0.15, 0.2) is 49.1 Å². The van der Waals surface area contributed by atoms with Crippen molar-refractivity contribution in [3.63, 3.8) is 0 Å². The molecule has 0 aromatic rings. The minimum atomic E-state index is 0.338. The molecule has 0 aromatic carbocycles. The van der Waals surface area contributed by atoms with Gasteiger partial charge in [0.1, 0.15) is 0 Å². The summed E-state index contributed by atoms with van der Waals surface area (Å²) in [6.45, 7) is 14.6. The van der Waals surface area contributed by atoms with E-state index >= 15 is 0 Å². The summed E-state index contributed by atoms with van der Waals surface area (Å²) < 4.78 is 0.338. The molecule has 2 unspecified atom stereocenters. The molecule has 0 N–H and O–H groups in total. The molecule has 1 aliphatic heterocycles. The standard InChI is InChI=1S/C17H26S2/c1-6-8-10-15(9-7-2)14(3)11-17(4,5)19-13-16-12-18-16/h6-10,14,16H,1-2,11-13H2,3-5H3/b10-8-,15-9+. The first-order chi connectivity index (χ1) is 8.98. The molecule has 1 aliphatic rings. The topological polar surface area (TPSA) is 0 Å². The van der Waals surface area contributed by atoms with Crippen molar-refractivity contribution >= 4 is 23.5 Å². The second kappa shape index (κ2) is 8.06. The maximum absolute atomic E-state index is 3.81. The molecule has 0 saturated carbocycles. The van der Waals surface area contributed by atoms with Gasteiger partial charge in [0.05, 0.1) is 0 Å². The average Bonchev–Trinajstić information content (AvgIpc) is 3.15. The van der Waals surface area contributed by atoms with Gasteiger partial charge in [-0.05, 0) is 17.9 Å². The number of hydrogen-bond donors (Lipinski definition) is 0. The molecule has 0 nitrogen and oxygen atoms in total. The van der Waals surface area contributed by atoms with Gasteiger partial charge in [-0.25, -0.2) is 0 Å². The molecule has 2 heteroatoms. The van der Waals surface area contributed by atoms with Crippen molar-refractivity contribution < 1.29 is 0 Å². The number of thioether (sulfide) groups is 2. The Kier molecular flexibility index (Phi) is 7.09. The van der Waals surface area contributed by atoms with Crippen molar-refractivity contribution in [2.24, 2.45) is 5.92 Å². The van der Waals surface area contributed by atoms with E-state index in [0.717, 1.165) is 5.25 Å². The lowest BCUT2D eigenvalue weighted by atomic mass is 9.90. The normalized spacial score (nSPS) is 21.4. The Balaban J connectivity index is 2.54. The Morgan fingerprint density at radius 2 is 2.11 bits per heavy atom. The predicted molar refractivity (Wildman–Crippen MR) is 94.2 cm³/mol. The first-order valence-electron chi connectivity index (χ1n) is 6.86. The Morgan fingerprint density at radius 1 is 1.42 bits per heavy atom. The summed E-state index contributed by atoms with van der Waals surface area (Å²) in [5.41, 5.74) is 1.34. The molecule has 0 aliphatic carbocycles. The smallest absolute Gasteiger partial charge is 0.0229 e. The summed E-state index contributed by atoms with van der Waals surface area (Å²) in [7, 11) is 0. The van der Waals surface area contributed by atoms with Gasteiger partial charge in [0.15, 0.2) is 0 Å². The van der Waals surface area contributed by atoms with E-state index in [2.05, 4.69) is 69.6 Å². The van der Waals surface area contributed by atoms with E-state index in [1.807, 2.05) is 18.2 Å². The largest absolute Gasteiger partial charge is 0.156 e. The van der Waals surface area contributed by atoms with Gasteiger partial charge in [0.25, 0.3) is 0 Å². The fourth-order valence-electron chi connectivity index (χ4n) is 2.10. The van der Waals surface area contributed by atoms with Crippen LogP contribution in [0.2, 0.25) is 0 Å². The van der Waals surface area contributed by atoms with E-state index < -0.39 is 0 Å². The maximum Gasteiger partial charge on any atom is 0.0229 e. The number of rotatable bonds is 9. The van der Waals surface area contributed by atoms with Crippen molar-refractivity contribution in [3.8, 4) is 0 Å². The van der Waals surface area contributed by atoms with E-state index in [4.69, 9.17) is 0 Å². The first-order valence-corrected chi connectivity index (χ1v) is 8.89. The molecule has 1 fully saturated rings. The molecule has 0 amide bonds. The van der Waals surface area contributed by atoms with Gasteiger partial charge in [-0.3, -0.25) is 0 Å². The molecule has 1 saturated heterocycles. The fourth-order valence-corrected chi connectivity index (χ4v) is 4.21. The number of hydrogen-bond acceptors (Lipinski definition) is 2. The molecule has 0 bridgehead atoms. The second-order valence-corrected chi connectivity index (χ2v) is 8.69. The van der Waals surface area contributed by atoms with Crippen LogP contribution in [0.3, 0.4) is 0 Å². The highest BCUT2D eigenvalue weighted by Gasteiger charge is 2.28. The molecule has 19 heavy (non-hydrogen) atoms. The van der Waals surface area contributed by atoms with Crippen LogP contribution < -0.4 is 0 Å². The Bertz CT molecular complexity index is 359. The molecule has 2 atom stereocenters. The van der Waals surface area contributed by atoms with E-state index in [1.165, 1.54) is 23.5 Å². The lowest BCUT2D eigenvalue weighted by Crippen LogP contribution is -2.21. The molecular formula is C17H26S2. The van der Waals surface area contributed by atoms with E-state index in [0.29, 0.717) is 10.7 Å². The third-order valence-electron chi connectivity index (χ3n) is 3.16. The Hall–Kier alpha value is -0.340. The van der Waals surface area contributed by atoms with Crippen molar-refractivity contribution in [1.82, 2.24) is 0 Å². The highest BCUT2D eigenvalue weighted by Crippen LogP contribution is 2.40. The summed E-state index contributed by atoms with van der Waals surface area (Å²) >= 11 is 4.20. The summed E-state index contributed by atoms with van der Waals surface area (Å²) in [6.07, 6.45) is 11.2. The molecular weight excluding hydrogens is 268 g/mol. The van der Waals surface area contributed by atoms with Crippen molar-refractivity contribution in [2.45, 2.75) is 37.2 Å². The highest BCUT2D eigenvalue weighted by molar-refractivity contribution is 8.09. The van der Waals surface area contributed by atoms with E-state index in [-0.39, 0.29) is 0 Å². The van der Waals surface area contributed by atoms with Crippen molar-refractivity contribution in [2.75, 3.05) is 11.5 Å². The monoisotopic (exact) mass is 294 g/mol. The van der Waals surface area contributed by atoms with Gasteiger partial charge in [0.2, 0.25) is 0 Å². The SMILES string of the molecule is C=C/C=C\C(=C/C=C)C(C)CC(C)(C)SCC1CS1. The third-order valence-corrected chi connectivity index (χ3v) is 5.86. The first kappa shape index (κ1) is 16.7. The third kappa shape index (κ3) is 7.12. The predicted octanol–water partition coefficient (Wildman–Crippen LogP) is 5.49. The molecule has 1 heterocycles. The van der Waals surface area contributed by atoms with Crippen molar-refractivity contribution in [3.05, 3.63) is 49.1 Å². The summed E-state index contributed by atoms with van der Waals surface area (Å²) in [6, 6.07) is 0. The van der Waals surface area contributed by atoms with Crippen LogP contribution in [0.4, 0.5) is 0 Å².